The molecular formula is C16H28FN3O. The fourth-order valence-corrected chi connectivity index (χ4v) is 2.26. The van der Waals surface area contributed by atoms with Gasteiger partial charge in [0.1, 0.15) is 5.82 Å². The van der Waals surface area contributed by atoms with E-state index in [9.17, 15) is 4.39 Å². The molecule has 5 heteroatoms. The van der Waals surface area contributed by atoms with E-state index in [0.717, 1.165) is 31.6 Å². The first-order chi connectivity index (χ1) is 10.1. The molecule has 0 aliphatic heterocycles. The third-order valence-electron chi connectivity index (χ3n) is 3.35. The van der Waals surface area contributed by atoms with Gasteiger partial charge in [-0.05, 0) is 38.7 Å². The van der Waals surface area contributed by atoms with E-state index in [2.05, 4.69) is 10.2 Å². The zero-order valence-corrected chi connectivity index (χ0v) is 13.7. The Morgan fingerprint density at radius 2 is 1.95 bits per heavy atom. The normalized spacial score (nSPS) is 11.1. The highest BCUT2D eigenvalue weighted by atomic mass is 19.1. The third-order valence-corrected chi connectivity index (χ3v) is 3.35. The van der Waals surface area contributed by atoms with Crippen molar-refractivity contribution in [1.82, 2.24) is 10.2 Å². The minimum atomic E-state index is -0.159. The second-order valence-corrected chi connectivity index (χ2v) is 5.50. The third kappa shape index (κ3) is 6.42. The summed E-state index contributed by atoms with van der Waals surface area (Å²) in [6.07, 6.45) is 1.01. The molecule has 21 heavy (non-hydrogen) atoms. The Morgan fingerprint density at radius 1 is 1.19 bits per heavy atom. The van der Waals surface area contributed by atoms with Crippen molar-refractivity contribution in [1.29, 1.82) is 0 Å². The van der Waals surface area contributed by atoms with Crippen molar-refractivity contribution in [2.24, 2.45) is 0 Å². The van der Waals surface area contributed by atoms with Crippen molar-refractivity contribution in [2.45, 2.75) is 13.0 Å². The molecule has 4 nitrogen and oxygen atoms in total. The first kappa shape index (κ1) is 17.9. The zero-order valence-electron chi connectivity index (χ0n) is 13.7. The van der Waals surface area contributed by atoms with Crippen molar-refractivity contribution in [3.05, 3.63) is 29.6 Å². The lowest BCUT2D eigenvalue weighted by Crippen LogP contribution is -2.26. The summed E-state index contributed by atoms with van der Waals surface area (Å²) in [5, 5.41) is 3.27. The van der Waals surface area contributed by atoms with E-state index in [1.165, 1.54) is 6.07 Å². The molecule has 0 fully saturated rings. The number of anilines is 1. The monoisotopic (exact) mass is 297 g/mol. The highest BCUT2D eigenvalue weighted by Gasteiger charge is 2.12. The maximum absolute atomic E-state index is 14.2. The topological polar surface area (TPSA) is 27.7 Å². The molecule has 0 radical (unpaired) electrons. The van der Waals surface area contributed by atoms with Gasteiger partial charge in [-0.1, -0.05) is 12.1 Å². The summed E-state index contributed by atoms with van der Waals surface area (Å²) >= 11 is 0. The van der Waals surface area contributed by atoms with Crippen LogP contribution in [0.3, 0.4) is 0 Å². The summed E-state index contributed by atoms with van der Waals surface area (Å²) in [7, 11) is 7.73. The molecule has 0 unspecified atom stereocenters. The number of benzene rings is 1. The first-order valence-electron chi connectivity index (χ1n) is 7.39. The molecule has 0 aromatic heterocycles. The fraction of sp³-hybridized carbons (Fsp3) is 0.625. The quantitative estimate of drug-likeness (QED) is 0.668. The molecule has 0 saturated heterocycles. The largest absolute Gasteiger partial charge is 0.383 e. The van der Waals surface area contributed by atoms with Gasteiger partial charge in [-0.15, -0.1) is 0 Å². The van der Waals surface area contributed by atoms with Crippen molar-refractivity contribution >= 4 is 5.69 Å². The number of rotatable bonds is 10. The molecule has 0 atom stereocenters. The van der Waals surface area contributed by atoms with Gasteiger partial charge in [0.15, 0.2) is 0 Å². The standard InChI is InChI=1S/C16H28FN3O/c1-19(2)10-6-11-20(3)16-14(7-5-8-15(16)17)13-18-9-12-21-4/h5,7-8,18H,6,9-13H2,1-4H3. The van der Waals surface area contributed by atoms with Gasteiger partial charge in [-0.3, -0.25) is 0 Å². The van der Waals surface area contributed by atoms with Gasteiger partial charge in [0, 0.05) is 33.8 Å². The van der Waals surface area contributed by atoms with E-state index in [1.54, 1.807) is 13.2 Å². The van der Waals surface area contributed by atoms with Gasteiger partial charge < -0.3 is 19.9 Å². The second kappa shape index (κ2) is 9.71. The van der Waals surface area contributed by atoms with Gasteiger partial charge in [-0.2, -0.15) is 0 Å². The summed E-state index contributed by atoms with van der Waals surface area (Å²) in [6, 6.07) is 5.26. The molecule has 0 bridgehead atoms. The highest BCUT2D eigenvalue weighted by Crippen LogP contribution is 2.23. The molecule has 120 valence electrons. The van der Waals surface area contributed by atoms with Crippen LogP contribution in [-0.4, -0.2) is 59.4 Å². The molecule has 0 aliphatic rings. The van der Waals surface area contributed by atoms with Gasteiger partial charge in [0.2, 0.25) is 0 Å². The molecule has 0 spiro atoms. The van der Waals surface area contributed by atoms with Crippen LogP contribution in [0.1, 0.15) is 12.0 Å². The number of hydrogen-bond acceptors (Lipinski definition) is 4. The molecule has 0 amide bonds. The predicted molar refractivity (Wildman–Crippen MR) is 86.4 cm³/mol. The van der Waals surface area contributed by atoms with Crippen LogP contribution in [-0.2, 0) is 11.3 Å². The SMILES string of the molecule is COCCNCc1cccc(F)c1N(C)CCCN(C)C. The first-order valence-corrected chi connectivity index (χ1v) is 7.39. The molecule has 0 heterocycles. The summed E-state index contributed by atoms with van der Waals surface area (Å²) in [5.41, 5.74) is 1.68. The van der Waals surface area contributed by atoms with Crippen LogP contribution in [0.2, 0.25) is 0 Å². The molecule has 1 N–H and O–H groups in total. The molecule has 0 aliphatic carbocycles. The number of methoxy groups -OCH3 is 1. The maximum atomic E-state index is 14.2. The predicted octanol–water partition coefficient (Wildman–Crippen LogP) is 1.95. The Kier molecular flexibility index (Phi) is 8.27. The van der Waals surface area contributed by atoms with Crippen LogP contribution >= 0.6 is 0 Å². The van der Waals surface area contributed by atoms with Crippen LogP contribution in [0.15, 0.2) is 18.2 Å². The van der Waals surface area contributed by atoms with Crippen LogP contribution in [0, 0.1) is 5.82 Å². The maximum Gasteiger partial charge on any atom is 0.146 e. The van der Waals surface area contributed by atoms with Crippen molar-refractivity contribution in [3.8, 4) is 0 Å². The lowest BCUT2D eigenvalue weighted by atomic mass is 10.1. The summed E-state index contributed by atoms with van der Waals surface area (Å²) in [4.78, 5) is 4.15. The Labute approximate surface area is 127 Å². The fourth-order valence-electron chi connectivity index (χ4n) is 2.26. The molecule has 1 aromatic rings. The van der Waals surface area contributed by atoms with Crippen LogP contribution < -0.4 is 10.2 Å². The number of hydrogen-bond donors (Lipinski definition) is 1. The van der Waals surface area contributed by atoms with E-state index in [0.29, 0.717) is 18.8 Å². The smallest absolute Gasteiger partial charge is 0.146 e. The lowest BCUT2D eigenvalue weighted by molar-refractivity contribution is 0.199. The minimum absolute atomic E-state index is 0.159. The van der Waals surface area contributed by atoms with E-state index >= 15 is 0 Å². The van der Waals surface area contributed by atoms with Crippen molar-refractivity contribution in [3.63, 3.8) is 0 Å². The molecule has 0 saturated carbocycles. The van der Waals surface area contributed by atoms with Crippen LogP contribution in [0.4, 0.5) is 10.1 Å². The number of nitrogens with one attached hydrogen (secondary N) is 1. The van der Waals surface area contributed by atoms with Gasteiger partial charge in [0.25, 0.3) is 0 Å². The number of ether oxygens (including phenoxy) is 1. The van der Waals surface area contributed by atoms with E-state index in [1.807, 2.05) is 32.1 Å². The van der Waals surface area contributed by atoms with Crippen molar-refractivity contribution < 1.29 is 9.13 Å². The Morgan fingerprint density at radius 3 is 2.62 bits per heavy atom. The highest BCUT2D eigenvalue weighted by molar-refractivity contribution is 5.54. The zero-order chi connectivity index (χ0) is 15.7. The summed E-state index contributed by atoms with van der Waals surface area (Å²) in [5.74, 6) is -0.159. The Balaban J connectivity index is 2.65. The molecule has 1 rings (SSSR count). The lowest BCUT2D eigenvalue weighted by Gasteiger charge is -2.24. The molecule has 1 aromatic carbocycles. The number of para-hydroxylation sites is 1. The van der Waals surface area contributed by atoms with E-state index < -0.39 is 0 Å². The summed E-state index contributed by atoms with van der Waals surface area (Å²) in [6.45, 7) is 3.90. The average Bonchev–Trinajstić information content (AvgIpc) is 2.43. The molecular weight excluding hydrogens is 269 g/mol. The Hall–Kier alpha value is -1.17. The second-order valence-electron chi connectivity index (χ2n) is 5.50. The average molecular weight is 297 g/mol. The van der Waals surface area contributed by atoms with Gasteiger partial charge in [0.05, 0.1) is 12.3 Å². The minimum Gasteiger partial charge on any atom is -0.383 e. The summed E-state index contributed by atoms with van der Waals surface area (Å²) < 4.78 is 19.2. The number of nitrogens with zero attached hydrogens (tertiary/aromatic N) is 2. The van der Waals surface area contributed by atoms with Crippen LogP contribution in [0.5, 0.6) is 0 Å². The van der Waals surface area contributed by atoms with E-state index in [4.69, 9.17) is 4.74 Å². The Bertz CT molecular complexity index is 413. The van der Waals surface area contributed by atoms with E-state index in [-0.39, 0.29) is 5.82 Å². The van der Waals surface area contributed by atoms with Crippen LogP contribution in [0.25, 0.3) is 0 Å². The van der Waals surface area contributed by atoms with Crippen molar-refractivity contribution in [2.75, 3.05) is 59.4 Å². The number of halogens is 1. The van der Waals surface area contributed by atoms with Gasteiger partial charge in [-0.25, -0.2) is 4.39 Å². The van der Waals surface area contributed by atoms with Gasteiger partial charge >= 0.3 is 0 Å².